The lowest BCUT2D eigenvalue weighted by molar-refractivity contribution is -0.0595. The summed E-state index contributed by atoms with van der Waals surface area (Å²) in [6.07, 6.45) is 24.4. The Kier molecular flexibility index (Phi) is 14.8. The molecule has 0 aromatic heterocycles. The van der Waals surface area contributed by atoms with Crippen molar-refractivity contribution in [3.05, 3.63) is 11.6 Å². The van der Waals surface area contributed by atoms with Crippen LogP contribution in [0.1, 0.15) is 171 Å². The van der Waals surface area contributed by atoms with E-state index >= 15 is 0 Å². The van der Waals surface area contributed by atoms with E-state index in [1.807, 2.05) is 11.8 Å². The van der Waals surface area contributed by atoms with Crippen molar-refractivity contribution in [2.75, 3.05) is 13.1 Å². The average Bonchev–Trinajstić information content (AvgIpc) is 3.39. The molecule has 4 aliphatic rings. The van der Waals surface area contributed by atoms with E-state index in [9.17, 15) is 4.79 Å². The highest BCUT2D eigenvalue weighted by molar-refractivity contribution is 5.67. The minimum Gasteiger partial charge on any atom is -0.446 e. The highest BCUT2D eigenvalue weighted by atomic mass is 16.6. The van der Waals surface area contributed by atoms with Crippen LogP contribution < -0.4 is 11.5 Å². The number of ether oxygens (including phenoxy) is 1. The maximum absolute atomic E-state index is 13.5. The molecule has 0 aromatic carbocycles. The zero-order valence-corrected chi connectivity index (χ0v) is 32.9. The highest BCUT2D eigenvalue weighted by Gasteiger charge is 2.59. The molecular formula is C43H79N3O2. The summed E-state index contributed by atoms with van der Waals surface area (Å²) in [5, 5.41) is 0. The van der Waals surface area contributed by atoms with E-state index < -0.39 is 0 Å². The summed E-state index contributed by atoms with van der Waals surface area (Å²) in [5.74, 6) is 5.94. The molecule has 5 nitrogen and oxygen atoms in total. The van der Waals surface area contributed by atoms with Crippen LogP contribution in [0.3, 0.4) is 0 Å². The van der Waals surface area contributed by atoms with E-state index in [1.54, 1.807) is 5.57 Å². The molecule has 4 aliphatic carbocycles. The van der Waals surface area contributed by atoms with Crippen molar-refractivity contribution < 1.29 is 9.53 Å². The predicted molar refractivity (Wildman–Crippen MR) is 204 cm³/mol. The number of rotatable bonds is 18. The number of allylic oxidation sites excluding steroid dienone is 1. The number of nitrogens with zero attached hydrogens (tertiary/aromatic N) is 1. The van der Waals surface area contributed by atoms with Crippen molar-refractivity contribution in [1.82, 2.24) is 4.90 Å². The fourth-order valence-electron chi connectivity index (χ4n) is 11.6. The molecule has 3 fully saturated rings. The first kappa shape index (κ1) is 39.7. The Hall–Kier alpha value is -1.07. The number of carbonyl (C=O) groups is 1. The van der Waals surface area contributed by atoms with Gasteiger partial charge in [-0.3, -0.25) is 0 Å². The average molecular weight is 670 g/mol. The van der Waals surface area contributed by atoms with E-state index in [0.29, 0.717) is 18.0 Å². The third-order valence-corrected chi connectivity index (χ3v) is 14.7. The summed E-state index contributed by atoms with van der Waals surface area (Å²) in [4.78, 5) is 15.5. The Balaban J connectivity index is 1.32. The molecule has 0 saturated heterocycles. The minimum atomic E-state index is -0.117. The lowest BCUT2D eigenvalue weighted by Gasteiger charge is -2.58. The second-order valence-electron chi connectivity index (χ2n) is 18.5. The lowest BCUT2D eigenvalue weighted by atomic mass is 9.47. The molecule has 1 amide bonds. The number of amides is 1. The second-order valence-corrected chi connectivity index (χ2v) is 18.5. The highest BCUT2D eigenvalue weighted by Crippen LogP contribution is 2.67. The molecule has 48 heavy (non-hydrogen) atoms. The van der Waals surface area contributed by atoms with Crippen LogP contribution in [0.25, 0.3) is 0 Å². The smallest absolute Gasteiger partial charge is 0.410 e. The van der Waals surface area contributed by atoms with Crippen molar-refractivity contribution in [1.29, 1.82) is 0 Å². The Morgan fingerprint density at radius 2 is 1.56 bits per heavy atom. The largest absolute Gasteiger partial charge is 0.446 e. The van der Waals surface area contributed by atoms with Crippen molar-refractivity contribution in [2.24, 2.45) is 63.7 Å². The molecule has 4 N–H and O–H groups in total. The number of unbranched alkanes of at least 4 members (excludes halogenated alkanes) is 4. The van der Waals surface area contributed by atoms with Gasteiger partial charge in [-0.15, -0.1) is 0 Å². The van der Waals surface area contributed by atoms with Gasteiger partial charge in [0.1, 0.15) is 6.10 Å². The van der Waals surface area contributed by atoms with Gasteiger partial charge in [0.2, 0.25) is 0 Å². The van der Waals surface area contributed by atoms with Crippen LogP contribution in [0, 0.1) is 52.3 Å². The van der Waals surface area contributed by atoms with Gasteiger partial charge in [0, 0.05) is 31.6 Å². The summed E-state index contributed by atoms with van der Waals surface area (Å²) in [6.45, 7) is 20.7. The first-order valence-corrected chi connectivity index (χ1v) is 21.0. The Morgan fingerprint density at radius 1 is 0.854 bits per heavy atom. The molecule has 5 heteroatoms. The number of carbonyl (C=O) groups excluding carboxylic acids is 1. The number of hydrogen-bond acceptors (Lipinski definition) is 4. The SMILES string of the molecule is CC[C@H](CC[C@@H](C)C1CCC2C3CC=C4CC(OC(=O)N(CCCCCCCC(C)N)CCC(C)N)CCC4(C)C3CCC21C)C(C)C. The van der Waals surface area contributed by atoms with E-state index in [0.717, 1.165) is 92.9 Å². The molecule has 0 radical (unpaired) electrons. The van der Waals surface area contributed by atoms with Gasteiger partial charge < -0.3 is 21.1 Å². The van der Waals surface area contributed by atoms with Gasteiger partial charge >= 0.3 is 6.09 Å². The van der Waals surface area contributed by atoms with Crippen LogP contribution in [0.5, 0.6) is 0 Å². The maximum Gasteiger partial charge on any atom is 0.410 e. The Bertz CT molecular complexity index is 1020. The van der Waals surface area contributed by atoms with Gasteiger partial charge in [-0.05, 0) is 137 Å². The summed E-state index contributed by atoms with van der Waals surface area (Å²) in [7, 11) is 0. The van der Waals surface area contributed by atoms with Crippen LogP contribution in [0.2, 0.25) is 0 Å². The fraction of sp³-hybridized carbons (Fsp3) is 0.930. The van der Waals surface area contributed by atoms with E-state index in [-0.39, 0.29) is 23.7 Å². The summed E-state index contributed by atoms with van der Waals surface area (Å²) in [5.41, 5.74) is 14.4. The third-order valence-electron chi connectivity index (χ3n) is 14.7. The second kappa shape index (κ2) is 17.9. The molecule has 278 valence electrons. The Labute approximate surface area is 297 Å². The maximum atomic E-state index is 13.5. The van der Waals surface area contributed by atoms with E-state index in [4.69, 9.17) is 16.2 Å². The minimum absolute atomic E-state index is 0.00720. The zero-order valence-electron chi connectivity index (χ0n) is 32.9. The first-order chi connectivity index (χ1) is 22.8. The number of nitrogens with two attached hydrogens (primary N) is 2. The molecule has 3 saturated carbocycles. The summed E-state index contributed by atoms with van der Waals surface area (Å²) in [6, 6.07) is 0.380. The molecular weight excluding hydrogens is 590 g/mol. The summed E-state index contributed by atoms with van der Waals surface area (Å²) >= 11 is 0. The topological polar surface area (TPSA) is 81.6 Å². The van der Waals surface area contributed by atoms with E-state index in [2.05, 4.69) is 54.5 Å². The summed E-state index contributed by atoms with van der Waals surface area (Å²) < 4.78 is 6.32. The normalized spacial score (nSPS) is 34.0. The van der Waals surface area contributed by atoms with Crippen LogP contribution in [-0.4, -0.2) is 42.3 Å². The molecule has 0 aliphatic heterocycles. The van der Waals surface area contributed by atoms with Crippen molar-refractivity contribution in [3.8, 4) is 0 Å². The van der Waals surface area contributed by atoms with Crippen LogP contribution in [-0.2, 0) is 4.74 Å². The van der Waals surface area contributed by atoms with Crippen LogP contribution in [0.4, 0.5) is 4.79 Å². The first-order valence-electron chi connectivity index (χ1n) is 21.0. The number of hydrogen-bond donors (Lipinski definition) is 2. The molecule has 9 unspecified atom stereocenters. The standard InChI is InChI=1S/C43H79N3O2/c1-9-34(30(2)3)17-16-31(4)38-20-21-39-37-19-18-35-29-36(22-25-42(35,7)40(37)23-26-43(38,39)8)48-41(47)46(28-24-33(6)45)27-14-12-10-11-13-15-32(5)44/h18,30-34,36-40H,9-17,19-29,44-45H2,1-8H3/t31-,32?,33?,34-,36?,37?,38?,39?,40?,42?,43?/m1/s1. The monoisotopic (exact) mass is 670 g/mol. The quantitative estimate of drug-likeness (QED) is 0.112. The molecule has 0 aromatic rings. The number of fused-ring (bicyclic) bond motifs is 5. The van der Waals surface area contributed by atoms with Gasteiger partial charge in [-0.25, -0.2) is 4.79 Å². The van der Waals surface area contributed by atoms with Gasteiger partial charge in [0.05, 0.1) is 0 Å². The van der Waals surface area contributed by atoms with Gasteiger partial charge in [-0.1, -0.05) is 91.7 Å². The molecule has 11 atom stereocenters. The van der Waals surface area contributed by atoms with Crippen molar-refractivity contribution in [3.63, 3.8) is 0 Å². The molecule has 0 bridgehead atoms. The van der Waals surface area contributed by atoms with Crippen molar-refractivity contribution in [2.45, 2.75) is 189 Å². The molecule has 0 heterocycles. The predicted octanol–water partition coefficient (Wildman–Crippen LogP) is 10.9. The lowest BCUT2D eigenvalue weighted by Crippen LogP contribution is -2.51. The van der Waals surface area contributed by atoms with Gasteiger partial charge in [0.15, 0.2) is 0 Å². The molecule has 4 rings (SSSR count). The van der Waals surface area contributed by atoms with Crippen molar-refractivity contribution >= 4 is 6.09 Å². The van der Waals surface area contributed by atoms with Gasteiger partial charge in [-0.2, -0.15) is 0 Å². The van der Waals surface area contributed by atoms with Crippen LogP contribution >= 0.6 is 0 Å². The fourth-order valence-corrected chi connectivity index (χ4v) is 11.6. The van der Waals surface area contributed by atoms with Crippen LogP contribution in [0.15, 0.2) is 11.6 Å². The van der Waals surface area contributed by atoms with Gasteiger partial charge in [0.25, 0.3) is 0 Å². The van der Waals surface area contributed by atoms with E-state index in [1.165, 1.54) is 70.6 Å². The molecule has 0 spiro atoms. The Morgan fingerprint density at radius 3 is 2.25 bits per heavy atom. The zero-order chi connectivity index (χ0) is 35.1. The third kappa shape index (κ3) is 9.62.